The molecule has 0 bridgehead atoms. The van der Waals surface area contributed by atoms with Crippen molar-refractivity contribution in [3.8, 4) is 0 Å². The van der Waals surface area contributed by atoms with Crippen LogP contribution in [0.25, 0.3) is 0 Å². The summed E-state index contributed by atoms with van der Waals surface area (Å²) >= 11 is 0. The minimum absolute atomic E-state index is 1.01. The van der Waals surface area contributed by atoms with Gasteiger partial charge in [-0.15, -0.1) is 0 Å². The monoisotopic (exact) mass is 193 g/mol. The Kier molecular flexibility index (Phi) is 5.19. The molecule has 0 saturated carbocycles. The summed E-state index contributed by atoms with van der Waals surface area (Å²) in [7, 11) is 4.14. The van der Waals surface area contributed by atoms with Crippen LogP contribution in [-0.4, -0.2) is 37.1 Å². The maximum Gasteiger partial charge on any atom is 0.0271 e. The van der Waals surface area contributed by atoms with Crippen molar-refractivity contribution in [3.05, 3.63) is 30.1 Å². The lowest BCUT2D eigenvalue weighted by atomic mass is 10.2. The first kappa shape index (κ1) is 11.1. The zero-order valence-electron chi connectivity index (χ0n) is 9.03. The van der Waals surface area contributed by atoms with Crippen molar-refractivity contribution in [2.75, 3.05) is 27.2 Å². The summed E-state index contributed by atoms with van der Waals surface area (Å²) in [5, 5.41) is 3.15. The van der Waals surface area contributed by atoms with E-state index in [2.05, 4.69) is 34.4 Å². The molecule has 0 aromatic carbocycles. The van der Waals surface area contributed by atoms with Gasteiger partial charge in [0.2, 0.25) is 0 Å². The van der Waals surface area contributed by atoms with Gasteiger partial charge in [-0.25, -0.2) is 0 Å². The molecule has 0 amide bonds. The second-order valence-electron chi connectivity index (χ2n) is 3.55. The van der Waals surface area contributed by atoms with Crippen LogP contribution in [0.4, 0.5) is 0 Å². The highest BCUT2D eigenvalue weighted by Crippen LogP contribution is 2.00. The normalized spacial score (nSPS) is 10.8. The predicted octanol–water partition coefficient (Wildman–Crippen LogP) is 1.12. The van der Waals surface area contributed by atoms with Crippen LogP contribution >= 0.6 is 0 Å². The zero-order chi connectivity index (χ0) is 10.2. The van der Waals surface area contributed by atoms with E-state index in [0.717, 1.165) is 19.6 Å². The van der Waals surface area contributed by atoms with Crippen molar-refractivity contribution >= 4 is 0 Å². The van der Waals surface area contributed by atoms with Crippen molar-refractivity contribution in [1.82, 2.24) is 15.2 Å². The molecule has 0 aliphatic rings. The number of pyridine rings is 1. The molecule has 0 unspecified atom stereocenters. The van der Waals surface area contributed by atoms with Gasteiger partial charge < -0.3 is 10.2 Å². The first-order chi connectivity index (χ1) is 6.83. The highest BCUT2D eigenvalue weighted by atomic mass is 15.1. The molecule has 3 nitrogen and oxygen atoms in total. The van der Waals surface area contributed by atoms with Gasteiger partial charge in [-0.2, -0.15) is 0 Å². The Morgan fingerprint density at radius 3 is 2.71 bits per heavy atom. The summed E-state index contributed by atoms with van der Waals surface area (Å²) in [4.78, 5) is 6.33. The fourth-order valence-electron chi connectivity index (χ4n) is 1.40. The van der Waals surface area contributed by atoms with Crippen LogP contribution in [0.2, 0.25) is 0 Å². The minimum atomic E-state index is 1.01. The molecule has 0 fully saturated rings. The molecular weight excluding hydrogens is 174 g/mol. The van der Waals surface area contributed by atoms with Crippen LogP contribution in [0.3, 0.4) is 0 Å². The number of hydrogen-bond acceptors (Lipinski definition) is 3. The molecule has 1 aromatic rings. The summed E-state index contributed by atoms with van der Waals surface area (Å²) in [6, 6.07) is 4.13. The van der Waals surface area contributed by atoms with Crippen LogP contribution in [-0.2, 0) is 6.54 Å². The van der Waals surface area contributed by atoms with Gasteiger partial charge in [-0.1, -0.05) is 0 Å². The predicted molar refractivity (Wildman–Crippen MR) is 59.1 cm³/mol. The van der Waals surface area contributed by atoms with E-state index in [1.54, 1.807) is 0 Å². The van der Waals surface area contributed by atoms with Gasteiger partial charge >= 0.3 is 0 Å². The molecule has 78 valence electrons. The van der Waals surface area contributed by atoms with Crippen LogP contribution < -0.4 is 5.32 Å². The average Bonchev–Trinajstić information content (AvgIpc) is 2.20. The molecule has 0 aliphatic heterocycles. The molecule has 1 heterocycles. The van der Waals surface area contributed by atoms with Crippen molar-refractivity contribution in [2.45, 2.75) is 13.0 Å². The fourth-order valence-corrected chi connectivity index (χ4v) is 1.40. The number of aromatic nitrogens is 1. The van der Waals surface area contributed by atoms with E-state index in [4.69, 9.17) is 0 Å². The third kappa shape index (κ3) is 4.35. The van der Waals surface area contributed by atoms with Crippen molar-refractivity contribution in [1.29, 1.82) is 0 Å². The molecule has 1 rings (SSSR count). The molecule has 0 saturated heterocycles. The maximum absolute atomic E-state index is 4.00. The smallest absolute Gasteiger partial charge is 0.0271 e. The summed E-state index contributed by atoms with van der Waals surface area (Å²) in [5.41, 5.74) is 1.33. The molecule has 0 atom stereocenters. The molecule has 1 aromatic heterocycles. The number of nitrogens with zero attached hydrogens (tertiary/aromatic N) is 2. The summed E-state index contributed by atoms with van der Waals surface area (Å²) in [6.07, 6.45) is 4.88. The van der Waals surface area contributed by atoms with Gasteiger partial charge in [0, 0.05) is 18.9 Å². The van der Waals surface area contributed by atoms with Crippen molar-refractivity contribution in [2.24, 2.45) is 0 Å². The average molecular weight is 193 g/mol. The van der Waals surface area contributed by atoms with Crippen molar-refractivity contribution < 1.29 is 0 Å². The largest absolute Gasteiger partial charge is 0.320 e. The van der Waals surface area contributed by atoms with Gasteiger partial charge in [0.05, 0.1) is 0 Å². The lowest BCUT2D eigenvalue weighted by Gasteiger charge is -2.16. The van der Waals surface area contributed by atoms with Gasteiger partial charge in [-0.3, -0.25) is 4.98 Å². The van der Waals surface area contributed by atoms with Crippen LogP contribution in [0, 0.1) is 0 Å². The molecule has 0 spiro atoms. The van der Waals surface area contributed by atoms with E-state index in [1.807, 2.05) is 19.4 Å². The molecule has 14 heavy (non-hydrogen) atoms. The maximum atomic E-state index is 4.00. The van der Waals surface area contributed by atoms with E-state index in [1.165, 1.54) is 12.0 Å². The highest BCUT2D eigenvalue weighted by molar-refractivity contribution is 5.09. The Hall–Kier alpha value is -0.930. The van der Waals surface area contributed by atoms with E-state index in [9.17, 15) is 0 Å². The van der Waals surface area contributed by atoms with Gasteiger partial charge in [0.1, 0.15) is 0 Å². The highest BCUT2D eigenvalue weighted by Gasteiger charge is 1.98. The first-order valence-electron chi connectivity index (χ1n) is 5.05. The Bertz CT molecular complexity index is 236. The third-order valence-electron chi connectivity index (χ3n) is 2.17. The minimum Gasteiger partial charge on any atom is -0.320 e. The van der Waals surface area contributed by atoms with E-state index < -0.39 is 0 Å². The van der Waals surface area contributed by atoms with Gasteiger partial charge in [-0.05, 0) is 51.3 Å². The summed E-state index contributed by atoms with van der Waals surface area (Å²) < 4.78 is 0. The Morgan fingerprint density at radius 2 is 2.07 bits per heavy atom. The standard InChI is InChI=1S/C11H19N3/c1-12-6-3-9-14(2)10-11-4-7-13-8-5-11/h4-5,7-8,12H,3,6,9-10H2,1-2H3. The Labute approximate surface area is 86.2 Å². The molecule has 3 heteroatoms. The number of nitrogens with one attached hydrogen (secondary N) is 1. The van der Waals surface area contributed by atoms with Gasteiger partial charge in [0.15, 0.2) is 0 Å². The van der Waals surface area contributed by atoms with Crippen LogP contribution in [0.15, 0.2) is 24.5 Å². The zero-order valence-corrected chi connectivity index (χ0v) is 9.03. The lowest BCUT2D eigenvalue weighted by Crippen LogP contribution is -2.22. The van der Waals surface area contributed by atoms with Crippen LogP contribution in [0.1, 0.15) is 12.0 Å². The number of hydrogen-bond donors (Lipinski definition) is 1. The summed E-state index contributed by atoms with van der Waals surface area (Å²) in [5.74, 6) is 0. The number of rotatable bonds is 6. The molecule has 1 N–H and O–H groups in total. The van der Waals surface area contributed by atoms with E-state index in [0.29, 0.717) is 0 Å². The SMILES string of the molecule is CNCCCN(C)Cc1ccncc1. The summed E-state index contributed by atoms with van der Waals surface area (Å²) in [6.45, 7) is 3.22. The topological polar surface area (TPSA) is 28.2 Å². The molecular formula is C11H19N3. The quantitative estimate of drug-likeness (QED) is 0.686. The van der Waals surface area contributed by atoms with Crippen molar-refractivity contribution in [3.63, 3.8) is 0 Å². The lowest BCUT2D eigenvalue weighted by molar-refractivity contribution is 0.321. The fraction of sp³-hybridized carbons (Fsp3) is 0.545. The Balaban J connectivity index is 2.23. The first-order valence-corrected chi connectivity index (χ1v) is 5.05. The van der Waals surface area contributed by atoms with E-state index in [-0.39, 0.29) is 0 Å². The van der Waals surface area contributed by atoms with E-state index >= 15 is 0 Å². The molecule has 0 radical (unpaired) electrons. The van der Waals surface area contributed by atoms with Crippen LogP contribution in [0.5, 0.6) is 0 Å². The Morgan fingerprint density at radius 1 is 1.36 bits per heavy atom. The van der Waals surface area contributed by atoms with Gasteiger partial charge in [0.25, 0.3) is 0 Å². The third-order valence-corrected chi connectivity index (χ3v) is 2.17. The second-order valence-corrected chi connectivity index (χ2v) is 3.55. The second kappa shape index (κ2) is 6.51. The molecule has 0 aliphatic carbocycles.